The molecule has 1 aromatic carbocycles. The lowest BCUT2D eigenvalue weighted by molar-refractivity contribution is 0.216. The van der Waals surface area contributed by atoms with E-state index in [9.17, 15) is 0 Å². The molecule has 0 aromatic heterocycles. The molecular weight excluding hydrogens is 240 g/mol. The lowest BCUT2D eigenvalue weighted by atomic mass is 10.0. The van der Waals surface area contributed by atoms with Gasteiger partial charge in [0.15, 0.2) is 0 Å². The van der Waals surface area contributed by atoms with E-state index in [2.05, 4.69) is 23.3 Å². The topological polar surface area (TPSA) is 33.7 Å². The maximum Gasteiger partial charge on any atom is 0.129 e. The molecule has 0 amide bonds. The average Bonchev–Trinajstić information content (AvgIpc) is 2.34. The Morgan fingerprint density at radius 3 is 2.53 bits per heavy atom. The highest BCUT2D eigenvalue weighted by Crippen LogP contribution is 2.31. The fourth-order valence-electron chi connectivity index (χ4n) is 2.63. The zero-order valence-electron chi connectivity index (χ0n) is 12.3. The first-order chi connectivity index (χ1) is 9.15. The second-order valence-electron chi connectivity index (χ2n) is 5.31. The summed E-state index contributed by atoms with van der Waals surface area (Å²) in [7, 11) is 5.58. The summed E-state index contributed by atoms with van der Waals surface area (Å²) in [4.78, 5) is 2.36. The van der Waals surface area contributed by atoms with Crippen LogP contribution in [0, 0.1) is 12.8 Å². The van der Waals surface area contributed by atoms with E-state index in [1.54, 1.807) is 14.2 Å². The molecule has 1 aliphatic rings. The predicted molar refractivity (Wildman–Crippen MR) is 77.0 cm³/mol. The first-order valence-corrected chi connectivity index (χ1v) is 6.75. The van der Waals surface area contributed by atoms with Crippen molar-refractivity contribution in [2.24, 2.45) is 5.92 Å². The highest BCUT2D eigenvalue weighted by Gasteiger charge is 2.19. The third kappa shape index (κ3) is 3.19. The largest absolute Gasteiger partial charge is 0.496 e. The molecule has 0 radical (unpaired) electrons. The van der Waals surface area contributed by atoms with Crippen LogP contribution in [0.5, 0.6) is 11.5 Å². The second-order valence-corrected chi connectivity index (χ2v) is 5.31. The summed E-state index contributed by atoms with van der Waals surface area (Å²) in [6, 6.07) is 4.12. The van der Waals surface area contributed by atoms with Crippen LogP contribution in [0.3, 0.4) is 0 Å². The van der Waals surface area contributed by atoms with Crippen molar-refractivity contribution in [1.29, 1.82) is 0 Å². The first kappa shape index (κ1) is 14.2. The molecule has 4 heteroatoms. The van der Waals surface area contributed by atoms with Crippen LogP contribution in [0.2, 0.25) is 0 Å². The van der Waals surface area contributed by atoms with Crippen molar-refractivity contribution in [3.63, 3.8) is 0 Å². The van der Waals surface area contributed by atoms with Gasteiger partial charge < -0.3 is 19.7 Å². The van der Waals surface area contributed by atoms with E-state index < -0.39 is 0 Å². The number of hydrogen-bond acceptors (Lipinski definition) is 4. The third-order valence-electron chi connectivity index (χ3n) is 3.74. The predicted octanol–water partition coefficient (Wildman–Crippen LogP) is 1.66. The number of hydrogen-bond donors (Lipinski definition) is 1. The fraction of sp³-hybridized carbons (Fsp3) is 0.600. The summed E-state index contributed by atoms with van der Waals surface area (Å²) in [5, 5.41) is 3.31. The zero-order valence-corrected chi connectivity index (χ0v) is 12.3. The van der Waals surface area contributed by atoms with Crippen LogP contribution < -0.4 is 14.8 Å². The van der Waals surface area contributed by atoms with Crippen LogP contribution in [0.25, 0.3) is 0 Å². The lowest BCUT2D eigenvalue weighted by Gasteiger charge is -2.31. The minimum atomic E-state index is 0.787. The Morgan fingerprint density at radius 1 is 1.26 bits per heavy atom. The minimum absolute atomic E-state index is 0.787. The Kier molecular flexibility index (Phi) is 4.66. The first-order valence-electron chi connectivity index (χ1n) is 6.75. The molecule has 1 aromatic rings. The third-order valence-corrected chi connectivity index (χ3v) is 3.74. The SMILES string of the molecule is COc1ccc(CN(C)CC2CNC2)c(OC)c1C. The van der Waals surface area contributed by atoms with Gasteiger partial charge in [-0.2, -0.15) is 0 Å². The average molecular weight is 264 g/mol. The summed E-state index contributed by atoms with van der Waals surface area (Å²) in [6.45, 7) is 6.36. The summed E-state index contributed by atoms with van der Waals surface area (Å²) >= 11 is 0. The van der Waals surface area contributed by atoms with Crippen LogP contribution in [0.4, 0.5) is 0 Å². The Hall–Kier alpha value is -1.26. The molecule has 1 fully saturated rings. The molecule has 1 saturated heterocycles. The molecular formula is C15H24N2O2. The van der Waals surface area contributed by atoms with Gasteiger partial charge in [-0.05, 0) is 26.0 Å². The molecule has 4 nitrogen and oxygen atoms in total. The second kappa shape index (κ2) is 6.26. The van der Waals surface area contributed by atoms with Gasteiger partial charge in [0.25, 0.3) is 0 Å². The number of ether oxygens (including phenoxy) is 2. The molecule has 1 N–H and O–H groups in total. The van der Waals surface area contributed by atoms with Crippen molar-refractivity contribution >= 4 is 0 Å². The van der Waals surface area contributed by atoms with Gasteiger partial charge in [-0.25, -0.2) is 0 Å². The standard InChI is InChI=1S/C15H24N2O2/c1-11-14(18-3)6-5-13(15(11)19-4)10-17(2)9-12-7-16-8-12/h5-6,12,16H,7-10H2,1-4H3. The van der Waals surface area contributed by atoms with E-state index in [1.807, 2.05) is 13.0 Å². The van der Waals surface area contributed by atoms with Gasteiger partial charge in [0.2, 0.25) is 0 Å². The van der Waals surface area contributed by atoms with Crippen molar-refractivity contribution < 1.29 is 9.47 Å². The molecule has 1 heterocycles. The van der Waals surface area contributed by atoms with Gasteiger partial charge in [-0.1, -0.05) is 6.07 Å². The van der Waals surface area contributed by atoms with Crippen molar-refractivity contribution in [3.8, 4) is 11.5 Å². The minimum Gasteiger partial charge on any atom is -0.496 e. The number of nitrogens with one attached hydrogen (secondary N) is 1. The molecule has 0 spiro atoms. The normalized spacial score (nSPS) is 15.4. The van der Waals surface area contributed by atoms with Gasteiger partial charge >= 0.3 is 0 Å². The monoisotopic (exact) mass is 264 g/mol. The van der Waals surface area contributed by atoms with Crippen LogP contribution in [0.15, 0.2) is 12.1 Å². The number of methoxy groups -OCH3 is 2. The van der Waals surface area contributed by atoms with Crippen LogP contribution >= 0.6 is 0 Å². The molecule has 0 unspecified atom stereocenters. The van der Waals surface area contributed by atoms with Crippen molar-refractivity contribution in [2.45, 2.75) is 13.5 Å². The highest BCUT2D eigenvalue weighted by atomic mass is 16.5. The number of nitrogens with zero attached hydrogens (tertiary/aromatic N) is 1. The van der Waals surface area contributed by atoms with Gasteiger partial charge in [0, 0.05) is 37.3 Å². The highest BCUT2D eigenvalue weighted by molar-refractivity contribution is 5.49. The Bertz CT molecular complexity index is 430. The molecule has 0 aliphatic carbocycles. The number of benzene rings is 1. The van der Waals surface area contributed by atoms with E-state index in [4.69, 9.17) is 9.47 Å². The van der Waals surface area contributed by atoms with Crippen molar-refractivity contribution in [2.75, 3.05) is 40.9 Å². The lowest BCUT2D eigenvalue weighted by Crippen LogP contribution is -2.47. The summed E-state index contributed by atoms with van der Waals surface area (Å²) < 4.78 is 10.9. The van der Waals surface area contributed by atoms with E-state index in [0.29, 0.717) is 0 Å². The van der Waals surface area contributed by atoms with Crippen LogP contribution in [0.1, 0.15) is 11.1 Å². The van der Waals surface area contributed by atoms with Gasteiger partial charge in [-0.3, -0.25) is 0 Å². The van der Waals surface area contributed by atoms with E-state index in [-0.39, 0.29) is 0 Å². The van der Waals surface area contributed by atoms with Crippen LogP contribution in [-0.2, 0) is 6.54 Å². The maximum absolute atomic E-state index is 5.55. The quantitative estimate of drug-likeness (QED) is 0.847. The Morgan fingerprint density at radius 2 is 2.00 bits per heavy atom. The van der Waals surface area contributed by atoms with Crippen molar-refractivity contribution in [3.05, 3.63) is 23.3 Å². The van der Waals surface area contributed by atoms with E-state index >= 15 is 0 Å². The molecule has 0 bridgehead atoms. The zero-order chi connectivity index (χ0) is 13.8. The molecule has 0 atom stereocenters. The Balaban J connectivity index is 2.08. The fourth-order valence-corrected chi connectivity index (χ4v) is 2.63. The van der Waals surface area contributed by atoms with Gasteiger partial charge in [-0.15, -0.1) is 0 Å². The van der Waals surface area contributed by atoms with E-state index in [0.717, 1.165) is 49.2 Å². The summed E-state index contributed by atoms with van der Waals surface area (Å²) in [5.41, 5.74) is 2.29. The van der Waals surface area contributed by atoms with E-state index in [1.165, 1.54) is 5.56 Å². The molecule has 2 rings (SSSR count). The molecule has 19 heavy (non-hydrogen) atoms. The smallest absolute Gasteiger partial charge is 0.129 e. The summed E-state index contributed by atoms with van der Waals surface area (Å²) in [5.74, 6) is 2.61. The maximum atomic E-state index is 5.55. The summed E-state index contributed by atoms with van der Waals surface area (Å²) in [6.07, 6.45) is 0. The van der Waals surface area contributed by atoms with Crippen LogP contribution in [-0.4, -0.2) is 45.8 Å². The Labute approximate surface area is 115 Å². The number of rotatable bonds is 6. The van der Waals surface area contributed by atoms with Gasteiger partial charge in [0.05, 0.1) is 14.2 Å². The molecule has 0 saturated carbocycles. The van der Waals surface area contributed by atoms with Crippen molar-refractivity contribution in [1.82, 2.24) is 10.2 Å². The van der Waals surface area contributed by atoms with Gasteiger partial charge in [0.1, 0.15) is 11.5 Å². The molecule has 1 aliphatic heterocycles. The molecule has 106 valence electrons.